The molecule has 2 atom stereocenters. The van der Waals surface area contributed by atoms with E-state index in [1.807, 2.05) is 0 Å². The number of carbonyl (C=O) groups excluding carboxylic acids is 3. The first-order valence-corrected chi connectivity index (χ1v) is 10.4. The van der Waals surface area contributed by atoms with E-state index in [-0.39, 0.29) is 38.1 Å². The molecule has 0 unspecified atom stereocenters. The van der Waals surface area contributed by atoms with Crippen LogP contribution in [0.2, 0.25) is 0 Å². The molecule has 1 fully saturated rings. The minimum atomic E-state index is -0.600. The maximum atomic E-state index is 12.1. The molecule has 1 N–H and O–H groups in total. The molecule has 1 heterocycles. The first kappa shape index (κ1) is 27.8. The summed E-state index contributed by atoms with van der Waals surface area (Å²) in [6, 6.07) is -0.867. The number of hydrogen-bond donors (Lipinski definition) is 1. The molecule has 1 aliphatic heterocycles. The van der Waals surface area contributed by atoms with Gasteiger partial charge in [-0.05, 0) is 6.42 Å². The van der Waals surface area contributed by atoms with Crippen molar-refractivity contribution in [1.29, 1.82) is 0 Å². The summed E-state index contributed by atoms with van der Waals surface area (Å²) in [5.74, 6) is 1.27. The van der Waals surface area contributed by atoms with Gasteiger partial charge in [0, 0.05) is 19.0 Å². The van der Waals surface area contributed by atoms with Crippen molar-refractivity contribution >= 4 is 17.8 Å². The average Bonchev–Trinajstić information content (AvgIpc) is 3.17. The number of methoxy groups -OCH3 is 2. The van der Waals surface area contributed by atoms with Crippen LogP contribution in [0, 0.1) is 12.3 Å². The zero-order chi connectivity index (χ0) is 23.6. The summed E-state index contributed by atoms with van der Waals surface area (Å²) < 4.78 is 30.6. The number of esters is 2. The normalized spacial score (nSPS) is 18.2. The quantitative estimate of drug-likeness (QED) is 0.165. The van der Waals surface area contributed by atoms with Crippen molar-refractivity contribution in [2.24, 2.45) is 0 Å². The lowest BCUT2D eigenvalue weighted by Gasteiger charge is -2.20. The molecule has 0 aromatic rings. The van der Waals surface area contributed by atoms with E-state index in [1.54, 1.807) is 4.90 Å². The van der Waals surface area contributed by atoms with Crippen LogP contribution in [-0.2, 0) is 42.8 Å². The largest absolute Gasteiger partial charge is 0.468 e. The van der Waals surface area contributed by atoms with E-state index >= 15 is 0 Å². The number of terminal acetylenes is 1. The van der Waals surface area contributed by atoms with Crippen LogP contribution in [0.5, 0.6) is 0 Å². The van der Waals surface area contributed by atoms with Gasteiger partial charge in [0.05, 0.1) is 67.0 Å². The van der Waals surface area contributed by atoms with Crippen molar-refractivity contribution in [1.82, 2.24) is 10.2 Å². The molecule has 0 aromatic heterocycles. The molecular formula is C21H34N2O9. The van der Waals surface area contributed by atoms with Gasteiger partial charge in [-0.3, -0.25) is 19.3 Å². The molecule has 0 bridgehead atoms. The van der Waals surface area contributed by atoms with Gasteiger partial charge in [0.2, 0.25) is 5.91 Å². The molecule has 182 valence electrons. The maximum absolute atomic E-state index is 12.1. The fourth-order valence-corrected chi connectivity index (χ4v) is 3.05. The monoisotopic (exact) mass is 458 g/mol. The van der Waals surface area contributed by atoms with E-state index in [1.165, 1.54) is 14.2 Å². The number of nitrogens with one attached hydrogen (secondary N) is 1. The van der Waals surface area contributed by atoms with Crippen molar-refractivity contribution < 1.29 is 42.8 Å². The highest BCUT2D eigenvalue weighted by atomic mass is 16.6. The summed E-state index contributed by atoms with van der Waals surface area (Å²) >= 11 is 0. The molecule has 11 nitrogen and oxygen atoms in total. The fraction of sp³-hybridized carbons (Fsp3) is 0.762. The van der Waals surface area contributed by atoms with Crippen LogP contribution < -0.4 is 5.32 Å². The smallest absolute Gasteiger partial charge is 0.323 e. The number of amides is 1. The van der Waals surface area contributed by atoms with Gasteiger partial charge >= 0.3 is 11.9 Å². The van der Waals surface area contributed by atoms with E-state index in [2.05, 4.69) is 16.0 Å². The summed E-state index contributed by atoms with van der Waals surface area (Å²) in [6.07, 6.45) is 5.60. The zero-order valence-electron chi connectivity index (χ0n) is 18.8. The molecule has 0 spiro atoms. The van der Waals surface area contributed by atoms with Gasteiger partial charge in [0.25, 0.3) is 0 Å². The predicted molar refractivity (Wildman–Crippen MR) is 113 cm³/mol. The molecule has 0 saturated carbocycles. The molecule has 0 aliphatic carbocycles. The molecule has 0 radical (unpaired) electrons. The van der Waals surface area contributed by atoms with Crippen LogP contribution >= 0.6 is 0 Å². The third kappa shape index (κ3) is 12.0. The SMILES string of the molecule is C#CCOCCOCCOCCOCCC(=O)N[C@H]1C[C@@H](C(=O)OC)N(CC(=O)OC)C1. The van der Waals surface area contributed by atoms with E-state index in [4.69, 9.17) is 30.1 Å². The van der Waals surface area contributed by atoms with Gasteiger partial charge < -0.3 is 33.7 Å². The van der Waals surface area contributed by atoms with Gasteiger partial charge in [0.1, 0.15) is 12.6 Å². The summed E-state index contributed by atoms with van der Waals surface area (Å²) in [6.45, 7) is 3.37. The van der Waals surface area contributed by atoms with Gasteiger partial charge in [-0.2, -0.15) is 0 Å². The lowest BCUT2D eigenvalue weighted by atomic mass is 10.1. The molecule has 0 aromatic carbocycles. The highest BCUT2D eigenvalue weighted by Crippen LogP contribution is 2.19. The summed E-state index contributed by atoms with van der Waals surface area (Å²) in [5.41, 5.74) is 0. The van der Waals surface area contributed by atoms with Crippen LogP contribution in [0.4, 0.5) is 0 Å². The first-order valence-electron chi connectivity index (χ1n) is 10.4. The van der Waals surface area contributed by atoms with E-state index in [9.17, 15) is 14.4 Å². The Morgan fingerprint density at radius 3 is 2.09 bits per heavy atom. The van der Waals surface area contributed by atoms with Crippen LogP contribution in [0.3, 0.4) is 0 Å². The standard InChI is InChI=1S/C21H34N2O9/c1-4-6-29-8-10-31-12-13-32-11-9-30-7-5-19(24)22-17-14-18(21(26)28-3)23(15-17)16-20(25)27-2/h1,17-18H,5-16H2,2-3H3,(H,22,24)/t17-,18-/m0/s1. The maximum Gasteiger partial charge on any atom is 0.323 e. The minimum absolute atomic E-state index is 0.0453. The van der Waals surface area contributed by atoms with Crippen LogP contribution in [-0.4, -0.2) is 115 Å². The molecule has 1 aliphatic rings. The Hall–Kier alpha value is -2.23. The van der Waals surface area contributed by atoms with Crippen LogP contribution in [0.15, 0.2) is 0 Å². The Morgan fingerprint density at radius 2 is 1.53 bits per heavy atom. The Balaban J connectivity index is 2.10. The lowest BCUT2D eigenvalue weighted by Crippen LogP contribution is -2.41. The second kappa shape index (κ2) is 17.3. The third-order valence-corrected chi connectivity index (χ3v) is 4.58. The van der Waals surface area contributed by atoms with Crippen molar-refractivity contribution in [2.75, 3.05) is 80.2 Å². The van der Waals surface area contributed by atoms with E-state index in [0.717, 1.165) is 0 Å². The second-order valence-electron chi connectivity index (χ2n) is 6.89. The molecule has 11 heteroatoms. The summed E-state index contributed by atoms with van der Waals surface area (Å²) in [7, 11) is 2.57. The molecule has 1 rings (SSSR count). The molecule has 32 heavy (non-hydrogen) atoms. The predicted octanol–water partition coefficient (Wildman–Crippen LogP) is -1.02. The average molecular weight is 459 g/mol. The molecule has 1 amide bonds. The van der Waals surface area contributed by atoms with Crippen LogP contribution in [0.1, 0.15) is 12.8 Å². The number of ether oxygens (including phenoxy) is 6. The van der Waals surface area contributed by atoms with E-state index < -0.39 is 18.0 Å². The Kier molecular flexibility index (Phi) is 15.1. The van der Waals surface area contributed by atoms with Crippen LogP contribution in [0.25, 0.3) is 0 Å². The lowest BCUT2D eigenvalue weighted by molar-refractivity contribution is -0.148. The highest BCUT2D eigenvalue weighted by Gasteiger charge is 2.39. The minimum Gasteiger partial charge on any atom is -0.468 e. The number of nitrogens with zero attached hydrogens (tertiary/aromatic N) is 1. The highest BCUT2D eigenvalue weighted by molar-refractivity contribution is 5.79. The zero-order valence-corrected chi connectivity index (χ0v) is 18.8. The van der Waals surface area contributed by atoms with Crippen molar-refractivity contribution in [3.8, 4) is 12.3 Å². The Morgan fingerprint density at radius 1 is 0.938 bits per heavy atom. The number of likely N-dealkylation sites (tertiary alicyclic amines) is 1. The second-order valence-corrected chi connectivity index (χ2v) is 6.89. The van der Waals surface area contributed by atoms with Gasteiger partial charge in [-0.1, -0.05) is 5.92 Å². The summed E-state index contributed by atoms with van der Waals surface area (Å²) in [5, 5.41) is 2.86. The van der Waals surface area contributed by atoms with Crippen molar-refractivity contribution in [3.05, 3.63) is 0 Å². The molecular weight excluding hydrogens is 424 g/mol. The van der Waals surface area contributed by atoms with Gasteiger partial charge in [-0.15, -0.1) is 6.42 Å². The van der Waals surface area contributed by atoms with Crippen molar-refractivity contribution in [3.63, 3.8) is 0 Å². The fourth-order valence-electron chi connectivity index (χ4n) is 3.05. The van der Waals surface area contributed by atoms with Gasteiger partial charge in [-0.25, -0.2) is 0 Å². The van der Waals surface area contributed by atoms with Crippen molar-refractivity contribution in [2.45, 2.75) is 24.9 Å². The number of rotatable bonds is 17. The number of hydrogen-bond acceptors (Lipinski definition) is 10. The van der Waals surface area contributed by atoms with Gasteiger partial charge in [0.15, 0.2) is 0 Å². The topological polar surface area (TPSA) is 122 Å². The van der Waals surface area contributed by atoms with E-state index in [0.29, 0.717) is 52.6 Å². The molecule has 1 saturated heterocycles. The third-order valence-electron chi connectivity index (χ3n) is 4.58. The first-order chi connectivity index (χ1) is 15.5. The summed E-state index contributed by atoms with van der Waals surface area (Å²) in [4.78, 5) is 37.3. The Bertz CT molecular complexity index is 609. The number of carbonyl (C=O) groups is 3. The Labute approximate surface area is 189 Å².